The summed E-state index contributed by atoms with van der Waals surface area (Å²) < 4.78 is 17.6. The van der Waals surface area contributed by atoms with E-state index in [1.807, 2.05) is 29.2 Å². The molecule has 3 rings (SSSR count). The molecule has 1 aliphatic rings. The Hall–Kier alpha value is -1.84. The molecular formula is C21H24BrCl2N3O4. The average Bonchev–Trinajstić information content (AvgIpc) is 2.74. The summed E-state index contributed by atoms with van der Waals surface area (Å²) in [6, 6.07) is 11.3. The zero-order valence-corrected chi connectivity index (χ0v) is 20.1. The highest BCUT2D eigenvalue weighted by atomic mass is 79.9. The largest absolute Gasteiger partial charge is 0.493 e. The second kappa shape index (κ2) is 12.9. The summed E-state index contributed by atoms with van der Waals surface area (Å²) >= 11 is 9.81. The van der Waals surface area contributed by atoms with Gasteiger partial charge in [0.2, 0.25) is 0 Å². The summed E-state index contributed by atoms with van der Waals surface area (Å²) in [6.07, 6.45) is 1.52. The van der Waals surface area contributed by atoms with Crippen LogP contribution in [0.3, 0.4) is 0 Å². The number of ether oxygens (including phenoxy) is 3. The van der Waals surface area contributed by atoms with E-state index in [2.05, 4.69) is 26.5 Å². The Morgan fingerprint density at radius 1 is 1.29 bits per heavy atom. The smallest absolute Gasteiger partial charge is 0.254 e. The van der Waals surface area contributed by atoms with Crippen molar-refractivity contribution in [1.29, 1.82) is 0 Å². The van der Waals surface area contributed by atoms with Crippen LogP contribution in [0.25, 0.3) is 0 Å². The molecule has 1 amide bonds. The molecule has 1 heterocycles. The van der Waals surface area contributed by atoms with Crippen molar-refractivity contribution in [3.8, 4) is 11.5 Å². The van der Waals surface area contributed by atoms with Gasteiger partial charge in [-0.15, -0.1) is 12.4 Å². The van der Waals surface area contributed by atoms with Crippen molar-refractivity contribution in [3.05, 3.63) is 57.0 Å². The molecule has 0 aromatic heterocycles. The lowest BCUT2D eigenvalue weighted by Gasteiger charge is -2.25. The highest BCUT2D eigenvalue weighted by Crippen LogP contribution is 2.36. The molecule has 0 aliphatic carbocycles. The lowest BCUT2D eigenvalue weighted by molar-refractivity contribution is -0.123. The highest BCUT2D eigenvalue weighted by molar-refractivity contribution is 9.10. The molecule has 0 radical (unpaired) electrons. The topological polar surface area (TPSA) is 72.4 Å². The maximum atomic E-state index is 12.0. The molecule has 0 spiro atoms. The van der Waals surface area contributed by atoms with Gasteiger partial charge in [0.25, 0.3) is 5.91 Å². The number of amides is 1. The summed E-state index contributed by atoms with van der Waals surface area (Å²) in [7, 11) is 1.54. The van der Waals surface area contributed by atoms with Crippen LogP contribution in [-0.4, -0.2) is 57.0 Å². The fourth-order valence-electron chi connectivity index (χ4n) is 2.87. The van der Waals surface area contributed by atoms with Crippen molar-refractivity contribution in [2.75, 3.05) is 40.0 Å². The normalized spacial score (nSPS) is 14.2. The molecule has 0 saturated carbocycles. The minimum atomic E-state index is -0.180. The number of carbonyl (C=O) groups excluding carboxylic acids is 1. The zero-order valence-electron chi connectivity index (χ0n) is 17.0. The van der Waals surface area contributed by atoms with E-state index in [1.54, 1.807) is 19.2 Å². The summed E-state index contributed by atoms with van der Waals surface area (Å²) in [5.41, 5.74) is 4.21. The number of hydrogen-bond acceptors (Lipinski definition) is 6. The molecular weight excluding hydrogens is 509 g/mol. The predicted molar refractivity (Wildman–Crippen MR) is 127 cm³/mol. The van der Waals surface area contributed by atoms with Crippen molar-refractivity contribution in [2.24, 2.45) is 5.10 Å². The van der Waals surface area contributed by atoms with Crippen LogP contribution in [0.2, 0.25) is 5.02 Å². The molecule has 0 unspecified atom stereocenters. The Morgan fingerprint density at radius 2 is 2.00 bits per heavy atom. The Morgan fingerprint density at radius 3 is 2.68 bits per heavy atom. The van der Waals surface area contributed by atoms with Gasteiger partial charge in [-0.3, -0.25) is 9.69 Å². The first kappa shape index (κ1) is 25.4. The molecule has 2 aromatic rings. The standard InChI is InChI=1S/C21H23BrClN3O4.ClH/c1-28-19-11-16(12-24-25-20(27)13-26-6-8-29-9-7-26)10-18(23)21(19)30-14-15-2-4-17(22)5-3-15;/h2-5,10-12H,6-9,13-14H2,1H3,(H,25,27);1H. The number of hydrogen-bond donors (Lipinski definition) is 1. The van der Waals surface area contributed by atoms with Crippen LogP contribution in [-0.2, 0) is 16.1 Å². The van der Waals surface area contributed by atoms with Crippen molar-refractivity contribution >= 4 is 52.1 Å². The minimum Gasteiger partial charge on any atom is -0.493 e. The lowest BCUT2D eigenvalue weighted by atomic mass is 10.2. The maximum Gasteiger partial charge on any atom is 0.254 e. The van der Waals surface area contributed by atoms with Crippen molar-refractivity contribution in [3.63, 3.8) is 0 Å². The van der Waals surface area contributed by atoms with Gasteiger partial charge in [-0.05, 0) is 35.4 Å². The zero-order chi connectivity index (χ0) is 21.3. The Kier molecular flexibility index (Phi) is 10.6. The molecule has 10 heteroatoms. The van der Waals surface area contributed by atoms with Gasteiger partial charge in [0, 0.05) is 17.6 Å². The summed E-state index contributed by atoms with van der Waals surface area (Å²) in [5, 5.41) is 4.41. The van der Waals surface area contributed by atoms with E-state index in [0.29, 0.717) is 41.9 Å². The van der Waals surface area contributed by atoms with Crippen molar-refractivity contribution in [2.45, 2.75) is 6.61 Å². The van der Waals surface area contributed by atoms with E-state index >= 15 is 0 Å². The molecule has 31 heavy (non-hydrogen) atoms. The van der Waals surface area contributed by atoms with Crippen LogP contribution in [0.4, 0.5) is 0 Å². The van der Waals surface area contributed by atoms with Gasteiger partial charge in [-0.25, -0.2) is 5.43 Å². The summed E-state index contributed by atoms with van der Waals surface area (Å²) in [5.74, 6) is 0.761. The second-order valence-corrected chi connectivity index (χ2v) is 7.95. The number of carbonyl (C=O) groups is 1. The van der Waals surface area contributed by atoms with E-state index in [0.717, 1.165) is 23.1 Å². The minimum absolute atomic E-state index is 0. The molecule has 1 fully saturated rings. The first-order valence-corrected chi connectivity index (χ1v) is 10.6. The fraction of sp³-hybridized carbons (Fsp3) is 0.333. The van der Waals surface area contributed by atoms with E-state index in [-0.39, 0.29) is 24.9 Å². The van der Waals surface area contributed by atoms with Crippen LogP contribution < -0.4 is 14.9 Å². The third-order valence-corrected chi connectivity index (χ3v) is 5.23. The second-order valence-electron chi connectivity index (χ2n) is 6.63. The van der Waals surface area contributed by atoms with Gasteiger partial charge in [0.15, 0.2) is 11.5 Å². The number of rotatable bonds is 8. The Labute approximate surface area is 201 Å². The lowest BCUT2D eigenvalue weighted by Crippen LogP contribution is -2.42. The van der Waals surface area contributed by atoms with Gasteiger partial charge in [-0.1, -0.05) is 39.7 Å². The molecule has 1 aliphatic heterocycles. The predicted octanol–water partition coefficient (Wildman–Crippen LogP) is 3.89. The number of nitrogens with one attached hydrogen (secondary N) is 1. The van der Waals surface area contributed by atoms with Gasteiger partial charge in [-0.2, -0.15) is 5.10 Å². The van der Waals surface area contributed by atoms with Crippen molar-refractivity contribution in [1.82, 2.24) is 10.3 Å². The Balaban J connectivity index is 0.00000341. The third-order valence-electron chi connectivity index (χ3n) is 4.42. The van der Waals surface area contributed by atoms with Gasteiger partial charge in [0.05, 0.1) is 38.1 Å². The summed E-state index contributed by atoms with van der Waals surface area (Å²) in [4.78, 5) is 14.0. The molecule has 1 N–H and O–H groups in total. The molecule has 7 nitrogen and oxygen atoms in total. The van der Waals surface area contributed by atoms with Gasteiger partial charge in [0.1, 0.15) is 6.61 Å². The number of benzene rings is 2. The monoisotopic (exact) mass is 531 g/mol. The number of hydrazone groups is 1. The molecule has 2 aromatic carbocycles. The van der Waals surface area contributed by atoms with Crippen molar-refractivity contribution < 1.29 is 19.0 Å². The third kappa shape index (κ3) is 7.97. The van der Waals surface area contributed by atoms with E-state index in [1.165, 1.54) is 6.21 Å². The molecule has 0 bridgehead atoms. The van der Waals surface area contributed by atoms with E-state index in [9.17, 15) is 4.79 Å². The van der Waals surface area contributed by atoms with Crippen LogP contribution in [0, 0.1) is 0 Å². The van der Waals surface area contributed by atoms with Crippen LogP contribution in [0.1, 0.15) is 11.1 Å². The van der Waals surface area contributed by atoms with E-state index in [4.69, 9.17) is 25.8 Å². The molecule has 1 saturated heterocycles. The van der Waals surface area contributed by atoms with Gasteiger partial charge < -0.3 is 14.2 Å². The number of nitrogens with zero attached hydrogens (tertiary/aromatic N) is 2. The first-order chi connectivity index (χ1) is 14.5. The summed E-state index contributed by atoms with van der Waals surface area (Å²) in [6.45, 7) is 3.41. The average molecular weight is 533 g/mol. The SMILES string of the molecule is COc1cc(C=NNC(=O)CN2CCOCC2)cc(Cl)c1OCc1ccc(Br)cc1.Cl. The van der Waals surface area contributed by atoms with Crippen LogP contribution in [0.5, 0.6) is 11.5 Å². The first-order valence-electron chi connectivity index (χ1n) is 9.42. The van der Waals surface area contributed by atoms with E-state index < -0.39 is 0 Å². The number of morpholine rings is 1. The Bertz CT molecular complexity index is 891. The van der Waals surface area contributed by atoms with Crippen LogP contribution in [0.15, 0.2) is 46.0 Å². The number of halogens is 3. The molecule has 168 valence electrons. The van der Waals surface area contributed by atoms with Crippen LogP contribution >= 0.6 is 39.9 Å². The number of methoxy groups -OCH3 is 1. The molecule has 0 atom stereocenters. The fourth-order valence-corrected chi connectivity index (χ4v) is 3.41. The maximum absolute atomic E-state index is 12.0. The highest BCUT2D eigenvalue weighted by Gasteiger charge is 2.14. The quantitative estimate of drug-likeness (QED) is 0.412. The van der Waals surface area contributed by atoms with Gasteiger partial charge >= 0.3 is 0 Å².